The van der Waals surface area contributed by atoms with Crippen LogP contribution in [0.3, 0.4) is 0 Å². The standard InChI is InChI=1S/C22H22N4O4S/c1-11-8-12(2)23-21-18(11)19-20(31-21)22(28)26(13(3)24-19)10-17(27)25-15-7-6-14(29-4)9-16(15)30-5/h6-9H,10H2,1-5H3,(H,25,27). The zero-order chi connectivity index (χ0) is 22.3. The summed E-state index contributed by atoms with van der Waals surface area (Å²) in [6.07, 6.45) is 0. The number of nitrogens with zero attached hydrogens (tertiary/aromatic N) is 3. The highest BCUT2D eigenvalue weighted by molar-refractivity contribution is 7.25. The van der Waals surface area contributed by atoms with E-state index in [2.05, 4.69) is 15.3 Å². The van der Waals surface area contributed by atoms with Crippen LogP contribution >= 0.6 is 11.3 Å². The fraction of sp³-hybridized carbons (Fsp3) is 0.273. The topological polar surface area (TPSA) is 95.3 Å². The monoisotopic (exact) mass is 438 g/mol. The van der Waals surface area contributed by atoms with Gasteiger partial charge in [0.15, 0.2) is 0 Å². The Morgan fingerprint density at radius 2 is 1.90 bits per heavy atom. The first-order valence-corrected chi connectivity index (χ1v) is 10.4. The second kappa shape index (κ2) is 7.99. The minimum Gasteiger partial charge on any atom is -0.497 e. The number of thiophene rings is 1. The second-order valence-corrected chi connectivity index (χ2v) is 8.20. The average molecular weight is 439 g/mol. The molecule has 160 valence electrons. The third-order valence-electron chi connectivity index (χ3n) is 5.05. The number of aromatic nitrogens is 3. The van der Waals surface area contributed by atoms with Gasteiger partial charge in [0.2, 0.25) is 5.91 Å². The molecule has 0 atom stereocenters. The lowest BCUT2D eigenvalue weighted by molar-refractivity contribution is -0.116. The SMILES string of the molecule is COc1ccc(NC(=O)Cn2c(C)nc3c(sc4nc(C)cc(C)c43)c2=O)c(OC)c1. The van der Waals surface area contributed by atoms with E-state index in [9.17, 15) is 9.59 Å². The van der Waals surface area contributed by atoms with Crippen molar-refractivity contribution in [3.8, 4) is 11.5 Å². The molecule has 4 aromatic rings. The zero-order valence-corrected chi connectivity index (χ0v) is 18.7. The number of carbonyl (C=O) groups excluding carboxylic acids is 1. The van der Waals surface area contributed by atoms with Gasteiger partial charge in [0.25, 0.3) is 5.56 Å². The molecule has 0 unspecified atom stereocenters. The van der Waals surface area contributed by atoms with Gasteiger partial charge in [-0.15, -0.1) is 11.3 Å². The highest BCUT2D eigenvalue weighted by atomic mass is 32.1. The van der Waals surface area contributed by atoms with Crippen molar-refractivity contribution in [3.05, 3.63) is 51.7 Å². The van der Waals surface area contributed by atoms with Crippen LogP contribution < -0.4 is 20.3 Å². The van der Waals surface area contributed by atoms with Crippen molar-refractivity contribution >= 4 is 43.4 Å². The highest BCUT2D eigenvalue weighted by Crippen LogP contribution is 2.32. The lowest BCUT2D eigenvalue weighted by Gasteiger charge is -2.13. The fourth-order valence-electron chi connectivity index (χ4n) is 3.59. The number of rotatable bonds is 5. The number of hydrogen-bond acceptors (Lipinski definition) is 7. The molecular formula is C22H22N4O4S. The van der Waals surface area contributed by atoms with Gasteiger partial charge < -0.3 is 14.8 Å². The zero-order valence-electron chi connectivity index (χ0n) is 17.9. The summed E-state index contributed by atoms with van der Waals surface area (Å²) in [7, 11) is 3.06. The quantitative estimate of drug-likeness (QED) is 0.512. The Bertz CT molecular complexity index is 1390. The van der Waals surface area contributed by atoms with Gasteiger partial charge in [-0.3, -0.25) is 14.2 Å². The van der Waals surface area contributed by atoms with Crippen LogP contribution in [0.1, 0.15) is 17.1 Å². The normalized spacial score (nSPS) is 11.1. The number of hydrogen-bond donors (Lipinski definition) is 1. The molecule has 0 radical (unpaired) electrons. The number of anilines is 1. The van der Waals surface area contributed by atoms with E-state index in [1.807, 2.05) is 19.9 Å². The Labute approximate surface area is 182 Å². The second-order valence-electron chi connectivity index (χ2n) is 7.21. The lowest BCUT2D eigenvalue weighted by atomic mass is 10.1. The minimum absolute atomic E-state index is 0.164. The maximum Gasteiger partial charge on any atom is 0.272 e. The largest absolute Gasteiger partial charge is 0.497 e. The number of aryl methyl sites for hydroxylation is 3. The molecule has 3 heterocycles. The summed E-state index contributed by atoms with van der Waals surface area (Å²) in [5, 5.41) is 3.68. The molecule has 1 N–H and O–H groups in total. The molecule has 0 aliphatic rings. The van der Waals surface area contributed by atoms with Gasteiger partial charge in [-0.05, 0) is 44.5 Å². The average Bonchev–Trinajstić information content (AvgIpc) is 3.09. The number of carbonyl (C=O) groups is 1. The Morgan fingerprint density at radius 3 is 2.61 bits per heavy atom. The van der Waals surface area contributed by atoms with E-state index in [4.69, 9.17) is 9.47 Å². The third-order valence-corrected chi connectivity index (χ3v) is 6.11. The van der Waals surface area contributed by atoms with Gasteiger partial charge in [0.1, 0.15) is 33.4 Å². The van der Waals surface area contributed by atoms with Crippen LogP contribution in [0.4, 0.5) is 5.69 Å². The van der Waals surface area contributed by atoms with Crippen molar-refractivity contribution in [2.24, 2.45) is 0 Å². The van der Waals surface area contributed by atoms with Crippen molar-refractivity contribution in [1.82, 2.24) is 14.5 Å². The Kier molecular flexibility index (Phi) is 5.36. The van der Waals surface area contributed by atoms with Gasteiger partial charge in [0, 0.05) is 17.1 Å². The van der Waals surface area contributed by atoms with Gasteiger partial charge >= 0.3 is 0 Å². The molecule has 4 rings (SSSR count). The maximum atomic E-state index is 13.2. The minimum atomic E-state index is -0.360. The van der Waals surface area contributed by atoms with Crippen LogP contribution in [0.2, 0.25) is 0 Å². The summed E-state index contributed by atoms with van der Waals surface area (Å²) in [6.45, 7) is 5.47. The van der Waals surface area contributed by atoms with Crippen molar-refractivity contribution in [1.29, 1.82) is 0 Å². The third kappa shape index (κ3) is 3.72. The van der Waals surface area contributed by atoms with E-state index in [0.29, 0.717) is 33.2 Å². The van der Waals surface area contributed by atoms with Crippen LogP contribution in [0, 0.1) is 20.8 Å². The summed E-state index contributed by atoms with van der Waals surface area (Å²) in [4.78, 5) is 35.9. The number of ether oxygens (including phenoxy) is 2. The van der Waals surface area contributed by atoms with Gasteiger partial charge in [-0.1, -0.05) is 0 Å². The first kappa shape index (κ1) is 20.8. The van der Waals surface area contributed by atoms with Crippen LogP contribution in [0.5, 0.6) is 11.5 Å². The number of benzene rings is 1. The molecule has 0 aliphatic heterocycles. The number of pyridine rings is 1. The van der Waals surface area contributed by atoms with Gasteiger partial charge in [0.05, 0.1) is 25.4 Å². The van der Waals surface area contributed by atoms with E-state index < -0.39 is 0 Å². The summed E-state index contributed by atoms with van der Waals surface area (Å²) >= 11 is 1.31. The molecule has 1 amide bonds. The summed E-state index contributed by atoms with van der Waals surface area (Å²) in [5.74, 6) is 1.18. The smallest absolute Gasteiger partial charge is 0.272 e. The van der Waals surface area contributed by atoms with Crippen LogP contribution in [0.25, 0.3) is 20.4 Å². The Morgan fingerprint density at radius 1 is 1.13 bits per heavy atom. The van der Waals surface area contributed by atoms with Gasteiger partial charge in [-0.25, -0.2) is 9.97 Å². The van der Waals surface area contributed by atoms with E-state index in [0.717, 1.165) is 21.5 Å². The number of amides is 1. The van der Waals surface area contributed by atoms with Gasteiger partial charge in [-0.2, -0.15) is 0 Å². The van der Waals surface area contributed by atoms with E-state index in [-0.39, 0.29) is 18.0 Å². The van der Waals surface area contributed by atoms with Crippen molar-refractivity contribution in [2.75, 3.05) is 19.5 Å². The molecule has 8 nitrogen and oxygen atoms in total. The van der Waals surface area contributed by atoms with Crippen molar-refractivity contribution in [2.45, 2.75) is 27.3 Å². The molecule has 9 heteroatoms. The molecule has 0 bridgehead atoms. The molecule has 3 aromatic heterocycles. The Hall–Kier alpha value is -3.46. The number of fused-ring (bicyclic) bond motifs is 3. The molecular weight excluding hydrogens is 416 g/mol. The lowest BCUT2D eigenvalue weighted by Crippen LogP contribution is -2.29. The maximum absolute atomic E-state index is 13.2. The Balaban J connectivity index is 1.70. The van der Waals surface area contributed by atoms with Crippen molar-refractivity contribution in [3.63, 3.8) is 0 Å². The summed E-state index contributed by atoms with van der Waals surface area (Å²) in [6, 6.07) is 7.06. The fourth-order valence-corrected chi connectivity index (χ4v) is 4.77. The molecule has 1 aromatic carbocycles. The predicted molar refractivity (Wildman–Crippen MR) is 122 cm³/mol. The molecule has 0 fully saturated rings. The first-order valence-electron chi connectivity index (χ1n) is 9.62. The summed E-state index contributed by atoms with van der Waals surface area (Å²) < 4.78 is 12.4. The van der Waals surface area contributed by atoms with E-state index >= 15 is 0 Å². The molecule has 0 saturated carbocycles. The number of nitrogens with one attached hydrogen (secondary N) is 1. The number of methoxy groups -OCH3 is 2. The predicted octanol–water partition coefficient (Wildman–Crippen LogP) is 3.59. The molecule has 0 saturated heterocycles. The molecule has 0 aliphatic carbocycles. The van der Waals surface area contributed by atoms with Crippen LogP contribution in [0.15, 0.2) is 29.1 Å². The summed E-state index contributed by atoms with van der Waals surface area (Å²) in [5.41, 5.74) is 2.80. The van der Waals surface area contributed by atoms with E-state index in [1.54, 1.807) is 32.2 Å². The molecule has 31 heavy (non-hydrogen) atoms. The van der Waals surface area contributed by atoms with Crippen LogP contribution in [-0.4, -0.2) is 34.7 Å². The first-order chi connectivity index (χ1) is 14.8. The van der Waals surface area contributed by atoms with E-state index in [1.165, 1.54) is 23.0 Å². The molecule has 0 spiro atoms. The van der Waals surface area contributed by atoms with Crippen LogP contribution in [-0.2, 0) is 11.3 Å². The van der Waals surface area contributed by atoms with Crippen molar-refractivity contribution < 1.29 is 14.3 Å². The highest BCUT2D eigenvalue weighted by Gasteiger charge is 2.18.